The molecule has 0 fully saturated rings. The SMILES string of the molecule is CCCOC(=O)CC.CCNc1ccc(C#N)cc1. The molecule has 0 unspecified atom stereocenters. The Hall–Kier alpha value is -2.02. The van der Waals surface area contributed by atoms with E-state index in [9.17, 15) is 4.79 Å². The lowest BCUT2D eigenvalue weighted by Crippen LogP contribution is -2.02. The first kappa shape index (κ1) is 17.0. The molecule has 0 atom stereocenters. The molecule has 0 saturated carbocycles. The standard InChI is InChI=1S/C9H10N2.C6H12O2/c1-2-11-9-5-3-8(7-10)4-6-9;1-3-5-8-6(7)4-2/h3-6,11H,2H2,1H3;3-5H2,1-2H3. The molecule has 4 heteroatoms. The summed E-state index contributed by atoms with van der Waals surface area (Å²) in [5.74, 6) is -0.105. The number of ether oxygens (including phenoxy) is 1. The monoisotopic (exact) mass is 262 g/mol. The summed E-state index contributed by atoms with van der Waals surface area (Å²) in [5.41, 5.74) is 1.76. The lowest BCUT2D eigenvalue weighted by Gasteiger charge is -2.00. The molecule has 0 bridgehead atoms. The van der Waals surface area contributed by atoms with Gasteiger partial charge in [0.15, 0.2) is 0 Å². The maximum Gasteiger partial charge on any atom is 0.305 e. The summed E-state index contributed by atoms with van der Waals surface area (Å²) >= 11 is 0. The molecule has 0 heterocycles. The van der Waals surface area contributed by atoms with Crippen molar-refractivity contribution in [2.75, 3.05) is 18.5 Å². The van der Waals surface area contributed by atoms with Crippen LogP contribution in [0.25, 0.3) is 0 Å². The molecule has 1 aromatic carbocycles. The minimum atomic E-state index is -0.105. The topological polar surface area (TPSA) is 62.1 Å². The van der Waals surface area contributed by atoms with E-state index in [1.54, 1.807) is 19.1 Å². The van der Waals surface area contributed by atoms with E-state index >= 15 is 0 Å². The van der Waals surface area contributed by atoms with Crippen LogP contribution in [0.3, 0.4) is 0 Å². The minimum absolute atomic E-state index is 0.105. The molecule has 0 spiro atoms. The first-order valence-corrected chi connectivity index (χ1v) is 6.57. The summed E-state index contributed by atoms with van der Waals surface area (Å²) in [6.45, 7) is 7.28. The van der Waals surface area contributed by atoms with Crippen LogP contribution in [0.2, 0.25) is 0 Å². The molecule has 0 saturated heterocycles. The van der Waals surface area contributed by atoms with E-state index in [1.807, 2.05) is 26.0 Å². The van der Waals surface area contributed by atoms with Gasteiger partial charge >= 0.3 is 5.97 Å². The average molecular weight is 262 g/mol. The Morgan fingerprint density at radius 2 is 1.89 bits per heavy atom. The summed E-state index contributed by atoms with van der Waals surface area (Å²) in [7, 11) is 0. The summed E-state index contributed by atoms with van der Waals surface area (Å²) in [6.07, 6.45) is 1.39. The van der Waals surface area contributed by atoms with Crippen molar-refractivity contribution in [2.24, 2.45) is 0 Å². The fourth-order valence-corrected chi connectivity index (χ4v) is 1.18. The fourth-order valence-electron chi connectivity index (χ4n) is 1.18. The van der Waals surface area contributed by atoms with Gasteiger partial charge in [0.2, 0.25) is 0 Å². The van der Waals surface area contributed by atoms with Gasteiger partial charge in [0.05, 0.1) is 18.2 Å². The smallest absolute Gasteiger partial charge is 0.305 e. The van der Waals surface area contributed by atoms with Gasteiger partial charge in [-0.2, -0.15) is 5.26 Å². The van der Waals surface area contributed by atoms with Crippen LogP contribution < -0.4 is 5.32 Å². The zero-order valence-electron chi connectivity index (χ0n) is 11.9. The van der Waals surface area contributed by atoms with E-state index in [0.717, 1.165) is 18.7 Å². The molecule has 0 aromatic heterocycles. The van der Waals surface area contributed by atoms with E-state index in [2.05, 4.69) is 11.4 Å². The van der Waals surface area contributed by atoms with Gasteiger partial charge in [-0.15, -0.1) is 0 Å². The normalized spacial score (nSPS) is 8.74. The second kappa shape index (κ2) is 11.1. The molecular formula is C15H22N2O2. The molecule has 4 nitrogen and oxygen atoms in total. The number of hydrogen-bond acceptors (Lipinski definition) is 4. The van der Waals surface area contributed by atoms with E-state index in [4.69, 9.17) is 10.00 Å². The third kappa shape index (κ3) is 8.67. The van der Waals surface area contributed by atoms with Crippen molar-refractivity contribution >= 4 is 11.7 Å². The fraction of sp³-hybridized carbons (Fsp3) is 0.467. The van der Waals surface area contributed by atoms with Crippen LogP contribution in [0.4, 0.5) is 5.69 Å². The molecule has 0 aliphatic heterocycles. The van der Waals surface area contributed by atoms with Gasteiger partial charge in [-0.3, -0.25) is 4.79 Å². The number of hydrogen-bond donors (Lipinski definition) is 1. The first-order valence-electron chi connectivity index (χ1n) is 6.57. The van der Waals surface area contributed by atoms with Crippen molar-refractivity contribution in [3.05, 3.63) is 29.8 Å². The molecule has 0 amide bonds. The van der Waals surface area contributed by atoms with Gasteiger partial charge in [0.1, 0.15) is 0 Å². The van der Waals surface area contributed by atoms with E-state index in [0.29, 0.717) is 18.6 Å². The molecule has 104 valence electrons. The minimum Gasteiger partial charge on any atom is -0.466 e. The number of esters is 1. The van der Waals surface area contributed by atoms with Crippen LogP contribution in [0, 0.1) is 11.3 Å². The molecular weight excluding hydrogens is 240 g/mol. The lowest BCUT2D eigenvalue weighted by atomic mass is 10.2. The Morgan fingerprint density at radius 1 is 1.26 bits per heavy atom. The van der Waals surface area contributed by atoms with Crippen molar-refractivity contribution < 1.29 is 9.53 Å². The summed E-state index contributed by atoms with van der Waals surface area (Å²) in [4.78, 5) is 10.3. The van der Waals surface area contributed by atoms with Crippen molar-refractivity contribution in [3.8, 4) is 6.07 Å². The molecule has 0 aliphatic rings. The van der Waals surface area contributed by atoms with Gasteiger partial charge in [-0.05, 0) is 37.6 Å². The Balaban J connectivity index is 0.000000362. The molecule has 19 heavy (non-hydrogen) atoms. The van der Waals surface area contributed by atoms with Crippen molar-refractivity contribution in [1.82, 2.24) is 0 Å². The number of nitrogens with one attached hydrogen (secondary N) is 1. The van der Waals surface area contributed by atoms with E-state index < -0.39 is 0 Å². The number of nitriles is 1. The number of nitrogens with zero attached hydrogens (tertiary/aromatic N) is 1. The van der Waals surface area contributed by atoms with Crippen LogP contribution in [-0.2, 0) is 9.53 Å². The van der Waals surface area contributed by atoms with Crippen LogP contribution in [-0.4, -0.2) is 19.1 Å². The van der Waals surface area contributed by atoms with E-state index in [-0.39, 0.29) is 5.97 Å². The Bertz CT molecular complexity index is 394. The zero-order valence-corrected chi connectivity index (χ0v) is 11.9. The highest BCUT2D eigenvalue weighted by Gasteiger charge is 1.93. The van der Waals surface area contributed by atoms with Gasteiger partial charge in [-0.25, -0.2) is 0 Å². The van der Waals surface area contributed by atoms with Crippen molar-refractivity contribution in [2.45, 2.75) is 33.6 Å². The van der Waals surface area contributed by atoms with Crippen LogP contribution in [0.5, 0.6) is 0 Å². The summed E-state index contributed by atoms with van der Waals surface area (Å²) in [5, 5.41) is 11.6. The predicted octanol–water partition coefficient (Wildman–Crippen LogP) is 3.34. The second-order valence-electron chi connectivity index (χ2n) is 3.79. The van der Waals surface area contributed by atoms with Crippen molar-refractivity contribution in [3.63, 3.8) is 0 Å². The molecule has 0 aliphatic carbocycles. The summed E-state index contributed by atoms with van der Waals surface area (Å²) in [6, 6.07) is 9.49. The first-order chi connectivity index (χ1) is 9.17. The van der Waals surface area contributed by atoms with E-state index in [1.165, 1.54) is 0 Å². The molecule has 1 aromatic rings. The number of carbonyl (C=O) groups excluding carboxylic acids is 1. The summed E-state index contributed by atoms with van der Waals surface area (Å²) < 4.78 is 4.70. The van der Waals surface area contributed by atoms with Crippen LogP contribution >= 0.6 is 0 Å². The predicted molar refractivity (Wildman–Crippen MR) is 76.9 cm³/mol. The number of anilines is 1. The maximum absolute atomic E-state index is 10.3. The van der Waals surface area contributed by atoms with Gasteiger partial charge in [0, 0.05) is 18.7 Å². The Kier molecular flexibility index (Phi) is 9.91. The highest BCUT2D eigenvalue weighted by Crippen LogP contribution is 2.07. The highest BCUT2D eigenvalue weighted by atomic mass is 16.5. The molecule has 0 radical (unpaired) electrons. The van der Waals surface area contributed by atoms with Gasteiger partial charge in [-0.1, -0.05) is 13.8 Å². The molecule has 1 rings (SSSR count). The zero-order chi connectivity index (χ0) is 14.5. The number of carbonyl (C=O) groups is 1. The average Bonchev–Trinajstić information content (AvgIpc) is 2.46. The second-order valence-corrected chi connectivity index (χ2v) is 3.79. The van der Waals surface area contributed by atoms with Gasteiger partial charge in [0.25, 0.3) is 0 Å². The third-order valence-electron chi connectivity index (χ3n) is 2.15. The lowest BCUT2D eigenvalue weighted by molar-refractivity contribution is -0.143. The Labute approximate surface area is 115 Å². The Morgan fingerprint density at radius 3 is 2.32 bits per heavy atom. The van der Waals surface area contributed by atoms with Gasteiger partial charge < -0.3 is 10.1 Å². The third-order valence-corrected chi connectivity index (χ3v) is 2.15. The largest absolute Gasteiger partial charge is 0.466 e. The van der Waals surface area contributed by atoms with Crippen molar-refractivity contribution in [1.29, 1.82) is 5.26 Å². The van der Waals surface area contributed by atoms with Crippen LogP contribution in [0.15, 0.2) is 24.3 Å². The highest BCUT2D eigenvalue weighted by molar-refractivity contribution is 5.68. The maximum atomic E-state index is 10.3. The quantitative estimate of drug-likeness (QED) is 0.827. The number of benzene rings is 1. The van der Waals surface area contributed by atoms with Crippen LogP contribution in [0.1, 0.15) is 39.2 Å². The molecule has 1 N–H and O–H groups in total. The number of rotatable bonds is 5.